The largest absolute Gasteiger partial charge is 0.481 e. The molecule has 0 aromatic carbocycles. The SMILES string of the molecule is CCOc1ccnc(N2CCOC(CC(=O)O)C2)n1. The predicted molar refractivity (Wildman–Crippen MR) is 67.4 cm³/mol. The number of anilines is 1. The van der Waals surface area contributed by atoms with E-state index in [0.717, 1.165) is 0 Å². The molecule has 2 heterocycles. The lowest BCUT2D eigenvalue weighted by Gasteiger charge is -2.32. The lowest BCUT2D eigenvalue weighted by atomic mass is 10.2. The molecular formula is C12H17N3O4. The van der Waals surface area contributed by atoms with Crippen LogP contribution in [0.3, 0.4) is 0 Å². The van der Waals surface area contributed by atoms with Gasteiger partial charge in [-0.15, -0.1) is 0 Å². The van der Waals surface area contributed by atoms with E-state index in [1.165, 1.54) is 0 Å². The van der Waals surface area contributed by atoms with E-state index in [0.29, 0.717) is 38.1 Å². The molecule has 0 aliphatic carbocycles. The van der Waals surface area contributed by atoms with E-state index in [-0.39, 0.29) is 12.5 Å². The molecule has 1 saturated heterocycles. The Morgan fingerprint density at radius 2 is 2.53 bits per heavy atom. The predicted octanol–water partition coefficient (Wildman–Crippen LogP) is 0.555. The Kier molecular flexibility index (Phi) is 4.51. The summed E-state index contributed by atoms with van der Waals surface area (Å²) >= 11 is 0. The maximum absolute atomic E-state index is 10.7. The first-order valence-corrected chi connectivity index (χ1v) is 6.23. The van der Waals surface area contributed by atoms with Crippen molar-refractivity contribution in [2.24, 2.45) is 0 Å². The summed E-state index contributed by atoms with van der Waals surface area (Å²) in [5.41, 5.74) is 0. The number of aliphatic carboxylic acids is 1. The van der Waals surface area contributed by atoms with Gasteiger partial charge in [-0.1, -0.05) is 0 Å². The van der Waals surface area contributed by atoms with E-state index >= 15 is 0 Å². The molecule has 1 aliphatic heterocycles. The molecular weight excluding hydrogens is 250 g/mol. The van der Waals surface area contributed by atoms with Crippen LogP contribution in [0.4, 0.5) is 5.95 Å². The summed E-state index contributed by atoms with van der Waals surface area (Å²) in [6.07, 6.45) is 1.29. The molecule has 0 radical (unpaired) electrons. The molecule has 1 atom stereocenters. The monoisotopic (exact) mass is 267 g/mol. The van der Waals surface area contributed by atoms with Gasteiger partial charge in [0, 0.05) is 25.4 Å². The molecule has 2 rings (SSSR count). The minimum atomic E-state index is -0.865. The summed E-state index contributed by atoms with van der Waals surface area (Å²) in [5.74, 6) is 0.203. The van der Waals surface area contributed by atoms with Crippen LogP contribution < -0.4 is 9.64 Å². The Balaban J connectivity index is 2.04. The van der Waals surface area contributed by atoms with Crippen LogP contribution in [0, 0.1) is 0 Å². The zero-order chi connectivity index (χ0) is 13.7. The Bertz CT molecular complexity index is 441. The van der Waals surface area contributed by atoms with Crippen molar-refractivity contribution in [2.45, 2.75) is 19.4 Å². The van der Waals surface area contributed by atoms with Gasteiger partial charge in [-0.05, 0) is 6.92 Å². The highest BCUT2D eigenvalue weighted by atomic mass is 16.5. The first-order chi connectivity index (χ1) is 9.19. The summed E-state index contributed by atoms with van der Waals surface area (Å²) in [7, 11) is 0. The summed E-state index contributed by atoms with van der Waals surface area (Å²) in [6.45, 7) is 4.02. The quantitative estimate of drug-likeness (QED) is 0.834. The molecule has 0 amide bonds. The second-order valence-electron chi connectivity index (χ2n) is 4.16. The van der Waals surface area contributed by atoms with Gasteiger partial charge in [0.1, 0.15) is 0 Å². The molecule has 0 spiro atoms. The van der Waals surface area contributed by atoms with Gasteiger partial charge in [0.25, 0.3) is 0 Å². The molecule has 1 unspecified atom stereocenters. The average Bonchev–Trinajstić information content (AvgIpc) is 2.39. The smallest absolute Gasteiger partial charge is 0.306 e. The van der Waals surface area contributed by atoms with E-state index in [1.807, 2.05) is 11.8 Å². The van der Waals surface area contributed by atoms with E-state index in [1.54, 1.807) is 12.3 Å². The van der Waals surface area contributed by atoms with Crippen molar-refractivity contribution < 1.29 is 19.4 Å². The molecule has 1 aromatic rings. The molecule has 1 aliphatic rings. The number of carboxylic acid groups (broad SMARTS) is 1. The first kappa shape index (κ1) is 13.5. The standard InChI is InChI=1S/C12H17N3O4/c1-2-18-10-3-4-13-12(14-10)15-5-6-19-9(8-15)7-11(16)17/h3-4,9H,2,5-8H2,1H3,(H,16,17). The number of aromatic nitrogens is 2. The maximum Gasteiger partial charge on any atom is 0.306 e. The highest BCUT2D eigenvalue weighted by molar-refractivity contribution is 5.67. The van der Waals surface area contributed by atoms with Gasteiger partial charge in [0.2, 0.25) is 11.8 Å². The molecule has 1 N–H and O–H groups in total. The third kappa shape index (κ3) is 3.78. The van der Waals surface area contributed by atoms with Crippen molar-refractivity contribution in [3.63, 3.8) is 0 Å². The number of hydrogen-bond acceptors (Lipinski definition) is 6. The van der Waals surface area contributed by atoms with Gasteiger partial charge in [-0.2, -0.15) is 4.98 Å². The third-order valence-electron chi connectivity index (χ3n) is 2.73. The molecule has 7 nitrogen and oxygen atoms in total. The van der Waals surface area contributed by atoms with Crippen molar-refractivity contribution in [1.82, 2.24) is 9.97 Å². The van der Waals surface area contributed by atoms with Crippen molar-refractivity contribution in [3.05, 3.63) is 12.3 Å². The molecule has 0 bridgehead atoms. The fraction of sp³-hybridized carbons (Fsp3) is 0.583. The lowest BCUT2D eigenvalue weighted by Crippen LogP contribution is -2.44. The molecule has 1 aromatic heterocycles. The van der Waals surface area contributed by atoms with Crippen LogP contribution in [0.25, 0.3) is 0 Å². The maximum atomic E-state index is 10.7. The summed E-state index contributed by atoms with van der Waals surface area (Å²) in [6, 6.07) is 1.70. The average molecular weight is 267 g/mol. The van der Waals surface area contributed by atoms with Gasteiger partial charge in [0.15, 0.2) is 0 Å². The Hall–Kier alpha value is -1.89. The van der Waals surface area contributed by atoms with Gasteiger partial charge >= 0.3 is 5.97 Å². The fourth-order valence-electron chi connectivity index (χ4n) is 1.93. The molecule has 104 valence electrons. The van der Waals surface area contributed by atoms with Crippen molar-refractivity contribution >= 4 is 11.9 Å². The third-order valence-corrected chi connectivity index (χ3v) is 2.73. The van der Waals surface area contributed by atoms with Crippen LogP contribution >= 0.6 is 0 Å². The van der Waals surface area contributed by atoms with Crippen LogP contribution in [-0.2, 0) is 9.53 Å². The Morgan fingerprint density at radius 1 is 1.68 bits per heavy atom. The fourth-order valence-corrected chi connectivity index (χ4v) is 1.93. The van der Waals surface area contributed by atoms with Gasteiger partial charge in [-0.3, -0.25) is 4.79 Å². The van der Waals surface area contributed by atoms with Crippen LogP contribution in [0.2, 0.25) is 0 Å². The highest BCUT2D eigenvalue weighted by Crippen LogP contribution is 2.17. The highest BCUT2D eigenvalue weighted by Gasteiger charge is 2.24. The van der Waals surface area contributed by atoms with Crippen molar-refractivity contribution in [1.29, 1.82) is 0 Å². The zero-order valence-electron chi connectivity index (χ0n) is 10.8. The number of carbonyl (C=O) groups is 1. The Labute approximate surface area is 111 Å². The molecule has 1 fully saturated rings. The Morgan fingerprint density at radius 3 is 3.26 bits per heavy atom. The normalized spacial score (nSPS) is 19.2. The summed E-state index contributed by atoms with van der Waals surface area (Å²) < 4.78 is 10.7. The van der Waals surface area contributed by atoms with Crippen molar-refractivity contribution in [3.8, 4) is 5.88 Å². The van der Waals surface area contributed by atoms with Crippen LogP contribution in [0.5, 0.6) is 5.88 Å². The summed E-state index contributed by atoms with van der Waals surface area (Å²) in [5, 5.41) is 8.79. The number of carboxylic acids is 1. The van der Waals surface area contributed by atoms with E-state index in [9.17, 15) is 4.79 Å². The number of ether oxygens (including phenoxy) is 2. The molecule has 0 saturated carbocycles. The van der Waals surface area contributed by atoms with Gasteiger partial charge < -0.3 is 19.5 Å². The van der Waals surface area contributed by atoms with E-state index in [2.05, 4.69) is 9.97 Å². The lowest BCUT2D eigenvalue weighted by molar-refractivity contribution is -0.140. The number of rotatable bonds is 5. The summed E-state index contributed by atoms with van der Waals surface area (Å²) in [4.78, 5) is 21.1. The van der Waals surface area contributed by atoms with Crippen LogP contribution in [-0.4, -0.2) is 53.5 Å². The molecule has 19 heavy (non-hydrogen) atoms. The van der Waals surface area contributed by atoms with E-state index in [4.69, 9.17) is 14.6 Å². The van der Waals surface area contributed by atoms with Crippen LogP contribution in [0.1, 0.15) is 13.3 Å². The molecule has 7 heteroatoms. The number of nitrogens with zero attached hydrogens (tertiary/aromatic N) is 3. The van der Waals surface area contributed by atoms with Gasteiger partial charge in [-0.25, -0.2) is 4.98 Å². The second kappa shape index (κ2) is 6.33. The number of hydrogen-bond donors (Lipinski definition) is 1. The van der Waals surface area contributed by atoms with Crippen molar-refractivity contribution in [2.75, 3.05) is 31.2 Å². The van der Waals surface area contributed by atoms with Gasteiger partial charge in [0.05, 0.1) is 25.7 Å². The van der Waals surface area contributed by atoms with E-state index < -0.39 is 5.97 Å². The van der Waals surface area contributed by atoms with Crippen LogP contribution in [0.15, 0.2) is 12.3 Å². The zero-order valence-corrected chi connectivity index (χ0v) is 10.8. The minimum absolute atomic E-state index is 0.0123. The number of morpholine rings is 1. The first-order valence-electron chi connectivity index (χ1n) is 6.23. The topological polar surface area (TPSA) is 84.8 Å². The second-order valence-corrected chi connectivity index (χ2v) is 4.16. The minimum Gasteiger partial charge on any atom is -0.481 e.